The Morgan fingerprint density at radius 2 is 1.90 bits per heavy atom. The van der Waals surface area contributed by atoms with E-state index in [1.165, 1.54) is 12.8 Å². The Labute approximate surface area is 121 Å². The molecule has 112 valence electrons. The highest BCUT2D eigenvalue weighted by Gasteiger charge is 2.26. The molecule has 2 unspecified atom stereocenters. The van der Waals surface area contributed by atoms with Crippen LogP contribution in [0.4, 0.5) is 17.8 Å². The molecule has 1 aliphatic rings. The Balaban J connectivity index is 2.27. The van der Waals surface area contributed by atoms with E-state index in [1.807, 2.05) is 0 Å². The molecule has 6 heteroatoms. The van der Waals surface area contributed by atoms with Gasteiger partial charge < -0.3 is 15.5 Å². The van der Waals surface area contributed by atoms with Crippen LogP contribution in [0.5, 0.6) is 0 Å². The lowest BCUT2D eigenvalue weighted by Gasteiger charge is -2.36. The van der Waals surface area contributed by atoms with E-state index in [9.17, 15) is 0 Å². The minimum absolute atomic E-state index is 0.308. The number of nitrogens with zero attached hydrogens (tertiary/aromatic N) is 5. The van der Waals surface area contributed by atoms with E-state index in [0.717, 1.165) is 31.5 Å². The van der Waals surface area contributed by atoms with Crippen molar-refractivity contribution in [3.8, 4) is 0 Å². The Kier molecular flexibility index (Phi) is 4.62. The third-order valence-electron chi connectivity index (χ3n) is 4.07. The molecule has 1 fully saturated rings. The molecule has 1 aromatic heterocycles. The third-order valence-corrected chi connectivity index (χ3v) is 4.07. The van der Waals surface area contributed by atoms with Gasteiger partial charge in [-0.1, -0.05) is 6.92 Å². The highest BCUT2D eigenvalue weighted by atomic mass is 15.4. The molecule has 2 heterocycles. The summed E-state index contributed by atoms with van der Waals surface area (Å²) in [6.45, 7) is 11.4. The Bertz CT molecular complexity index is 445. The molecule has 1 saturated heterocycles. The summed E-state index contributed by atoms with van der Waals surface area (Å²) < 4.78 is 0. The number of hydrogen-bond acceptors (Lipinski definition) is 6. The molecule has 2 atom stereocenters. The molecule has 0 radical (unpaired) electrons. The van der Waals surface area contributed by atoms with E-state index in [2.05, 4.69) is 52.4 Å². The Morgan fingerprint density at radius 1 is 1.20 bits per heavy atom. The van der Waals surface area contributed by atoms with Crippen LogP contribution in [0.15, 0.2) is 0 Å². The fourth-order valence-electron chi connectivity index (χ4n) is 2.85. The van der Waals surface area contributed by atoms with Gasteiger partial charge in [0.05, 0.1) is 0 Å². The third kappa shape index (κ3) is 3.11. The lowest BCUT2D eigenvalue weighted by Crippen LogP contribution is -2.41. The van der Waals surface area contributed by atoms with Gasteiger partial charge in [0.15, 0.2) is 0 Å². The highest BCUT2D eigenvalue weighted by Crippen LogP contribution is 2.26. The van der Waals surface area contributed by atoms with Crippen LogP contribution in [-0.4, -0.2) is 40.6 Å². The molecule has 2 N–H and O–H groups in total. The summed E-state index contributed by atoms with van der Waals surface area (Å²) in [4.78, 5) is 17.6. The number of rotatable bonds is 4. The van der Waals surface area contributed by atoms with Crippen LogP contribution in [0.25, 0.3) is 0 Å². The number of nitrogen functional groups attached to an aromatic ring is 1. The van der Waals surface area contributed by atoms with Crippen LogP contribution < -0.4 is 15.5 Å². The quantitative estimate of drug-likeness (QED) is 0.907. The van der Waals surface area contributed by atoms with Crippen LogP contribution in [0.1, 0.15) is 40.5 Å². The summed E-state index contributed by atoms with van der Waals surface area (Å²) in [6, 6.07) is 0.449. The van der Waals surface area contributed by atoms with Gasteiger partial charge in [0.25, 0.3) is 0 Å². The largest absolute Gasteiger partial charge is 0.368 e. The molecule has 0 aromatic carbocycles. The Morgan fingerprint density at radius 3 is 2.50 bits per heavy atom. The van der Waals surface area contributed by atoms with Crippen molar-refractivity contribution in [3.05, 3.63) is 0 Å². The van der Waals surface area contributed by atoms with Crippen molar-refractivity contribution in [2.24, 2.45) is 5.92 Å². The summed E-state index contributed by atoms with van der Waals surface area (Å²) in [6.07, 6.45) is 2.35. The molecule has 0 spiro atoms. The van der Waals surface area contributed by atoms with Crippen molar-refractivity contribution in [2.45, 2.75) is 46.6 Å². The predicted octanol–water partition coefficient (Wildman–Crippen LogP) is 1.92. The van der Waals surface area contributed by atoms with Gasteiger partial charge in [0.1, 0.15) is 0 Å². The van der Waals surface area contributed by atoms with Gasteiger partial charge in [0.2, 0.25) is 17.8 Å². The van der Waals surface area contributed by atoms with Crippen molar-refractivity contribution in [1.29, 1.82) is 0 Å². The first kappa shape index (κ1) is 14.8. The van der Waals surface area contributed by atoms with Gasteiger partial charge in [-0.05, 0) is 39.5 Å². The van der Waals surface area contributed by atoms with E-state index in [1.54, 1.807) is 0 Å². The van der Waals surface area contributed by atoms with Gasteiger partial charge >= 0.3 is 0 Å². The van der Waals surface area contributed by atoms with Crippen molar-refractivity contribution in [3.63, 3.8) is 0 Å². The van der Waals surface area contributed by atoms with Gasteiger partial charge in [-0.2, -0.15) is 15.0 Å². The first-order valence-corrected chi connectivity index (χ1v) is 7.58. The Hall–Kier alpha value is -1.59. The van der Waals surface area contributed by atoms with Crippen LogP contribution in [-0.2, 0) is 0 Å². The van der Waals surface area contributed by atoms with Crippen molar-refractivity contribution in [1.82, 2.24) is 15.0 Å². The van der Waals surface area contributed by atoms with Gasteiger partial charge in [-0.25, -0.2) is 0 Å². The van der Waals surface area contributed by atoms with Gasteiger partial charge in [-0.3, -0.25) is 0 Å². The molecule has 1 aromatic rings. The zero-order chi connectivity index (χ0) is 14.7. The molecule has 0 aliphatic carbocycles. The first-order chi connectivity index (χ1) is 9.55. The zero-order valence-electron chi connectivity index (χ0n) is 13.0. The molecule has 0 amide bonds. The number of nitrogens with two attached hydrogens (primary N) is 1. The standard InChI is InChI=1S/C14H26N6/c1-5-19(6-2)13-16-12(15)17-14(18-13)20-8-7-10(3)9-11(20)4/h10-11H,5-9H2,1-4H3,(H2,15,16,17,18). The van der Waals surface area contributed by atoms with Gasteiger partial charge in [0, 0.05) is 25.7 Å². The second-order valence-electron chi connectivity index (χ2n) is 5.64. The topological polar surface area (TPSA) is 71.2 Å². The summed E-state index contributed by atoms with van der Waals surface area (Å²) >= 11 is 0. The van der Waals surface area contributed by atoms with Crippen LogP contribution >= 0.6 is 0 Å². The van der Waals surface area contributed by atoms with Crippen molar-refractivity contribution >= 4 is 17.8 Å². The minimum atomic E-state index is 0.308. The molecule has 6 nitrogen and oxygen atoms in total. The maximum atomic E-state index is 5.87. The molecule has 1 aliphatic heterocycles. The molecule has 20 heavy (non-hydrogen) atoms. The van der Waals surface area contributed by atoms with Crippen molar-refractivity contribution in [2.75, 3.05) is 35.2 Å². The fourth-order valence-corrected chi connectivity index (χ4v) is 2.85. The van der Waals surface area contributed by atoms with Gasteiger partial charge in [-0.15, -0.1) is 0 Å². The van der Waals surface area contributed by atoms with Crippen LogP contribution in [0.3, 0.4) is 0 Å². The second-order valence-corrected chi connectivity index (χ2v) is 5.64. The summed E-state index contributed by atoms with van der Waals surface area (Å²) in [5.74, 6) is 2.48. The number of piperidine rings is 1. The molecule has 2 rings (SSSR count). The molecular weight excluding hydrogens is 252 g/mol. The van der Waals surface area contributed by atoms with E-state index >= 15 is 0 Å². The molecule has 0 saturated carbocycles. The highest BCUT2D eigenvalue weighted by molar-refractivity contribution is 5.44. The van der Waals surface area contributed by atoms with E-state index in [-0.39, 0.29) is 0 Å². The smallest absolute Gasteiger partial charge is 0.232 e. The van der Waals surface area contributed by atoms with Crippen LogP contribution in [0.2, 0.25) is 0 Å². The number of hydrogen-bond donors (Lipinski definition) is 1. The average molecular weight is 278 g/mol. The summed E-state index contributed by atoms with van der Waals surface area (Å²) in [7, 11) is 0. The normalized spacial score (nSPS) is 22.9. The predicted molar refractivity (Wildman–Crippen MR) is 83.0 cm³/mol. The lowest BCUT2D eigenvalue weighted by molar-refractivity contribution is 0.374. The average Bonchev–Trinajstić information content (AvgIpc) is 2.39. The molecular formula is C14H26N6. The minimum Gasteiger partial charge on any atom is -0.368 e. The maximum absolute atomic E-state index is 5.87. The fraction of sp³-hybridized carbons (Fsp3) is 0.786. The van der Waals surface area contributed by atoms with Crippen LogP contribution in [0, 0.1) is 5.92 Å². The molecule has 0 bridgehead atoms. The maximum Gasteiger partial charge on any atom is 0.232 e. The zero-order valence-corrected chi connectivity index (χ0v) is 13.0. The van der Waals surface area contributed by atoms with Crippen molar-refractivity contribution < 1.29 is 0 Å². The van der Waals surface area contributed by atoms with E-state index in [0.29, 0.717) is 17.9 Å². The lowest BCUT2D eigenvalue weighted by atomic mass is 9.94. The second kappa shape index (κ2) is 6.24. The number of aromatic nitrogens is 3. The number of anilines is 3. The monoisotopic (exact) mass is 278 g/mol. The SMILES string of the molecule is CCN(CC)c1nc(N)nc(N2CCC(C)CC2C)n1. The van der Waals surface area contributed by atoms with E-state index in [4.69, 9.17) is 5.73 Å². The summed E-state index contributed by atoms with van der Waals surface area (Å²) in [5, 5.41) is 0. The van der Waals surface area contributed by atoms with E-state index < -0.39 is 0 Å². The summed E-state index contributed by atoms with van der Waals surface area (Å²) in [5.41, 5.74) is 5.87. The first-order valence-electron chi connectivity index (χ1n) is 7.58.